The highest BCUT2D eigenvalue weighted by Crippen LogP contribution is 2.36. The van der Waals surface area contributed by atoms with Gasteiger partial charge in [0.05, 0.1) is 17.5 Å². The van der Waals surface area contributed by atoms with Crippen LogP contribution in [0.2, 0.25) is 5.02 Å². The van der Waals surface area contributed by atoms with E-state index in [0.29, 0.717) is 70.3 Å². The standard InChI is InChI=1S/C42H46ClN5O6S/c1-6-54-36(50)15-11-10-14-35-48(40(52)38(28-12-8-7-9-13-28)45-41(53)42(2,3)4)33(26-55-35)39(51)44-31-21-17-27(18-22-31)16-19-29-25-47(5)46-37(29)32-24-30(43)20-23-34(32)49/h7-9,12-13,17-18,20-25,33,35,38,49H,6,10-11,14-15,26H2,1-5H3,(H,44,51)(H,45,53)/t33-,35?,38+/m0/s1. The van der Waals surface area contributed by atoms with Crippen molar-refractivity contribution < 1.29 is 29.0 Å². The number of carbonyl (C=O) groups is 4. The number of phenols is 1. The molecule has 0 bridgehead atoms. The second-order valence-corrected chi connectivity index (χ2v) is 15.9. The Hall–Kier alpha value is -5.25. The summed E-state index contributed by atoms with van der Waals surface area (Å²) in [6.45, 7) is 7.42. The van der Waals surface area contributed by atoms with Crippen LogP contribution in [0.4, 0.5) is 5.69 Å². The molecule has 4 aromatic rings. The molecular weight excluding hydrogens is 738 g/mol. The summed E-state index contributed by atoms with van der Waals surface area (Å²) in [5, 5.41) is 20.9. The number of amides is 3. The third kappa shape index (κ3) is 10.7. The molecule has 1 saturated heterocycles. The highest BCUT2D eigenvalue weighted by Gasteiger charge is 2.44. The van der Waals surface area contributed by atoms with Crippen molar-refractivity contribution in [1.29, 1.82) is 0 Å². The van der Waals surface area contributed by atoms with Crippen molar-refractivity contribution in [2.45, 2.75) is 70.8 Å². The lowest BCUT2D eigenvalue weighted by molar-refractivity contribution is -0.143. The minimum absolute atomic E-state index is 0.0396. The fraction of sp³-hybridized carbons (Fsp3) is 0.357. The van der Waals surface area contributed by atoms with E-state index in [-0.39, 0.29) is 41.2 Å². The minimum Gasteiger partial charge on any atom is -0.507 e. The molecule has 1 aliphatic rings. The zero-order valence-corrected chi connectivity index (χ0v) is 33.2. The molecule has 3 atom stereocenters. The molecule has 3 amide bonds. The van der Waals surface area contributed by atoms with E-state index in [2.05, 4.69) is 27.6 Å². The Morgan fingerprint density at radius 3 is 2.45 bits per heavy atom. The highest BCUT2D eigenvalue weighted by molar-refractivity contribution is 8.00. The Morgan fingerprint density at radius 1 is 1.04 bits per heavy atom. The molecule has 3 N–H and O–H groups in total. The Balaban J connectivity index is 1.35. The molecule has 288 valence electrons. The van der Waals surface area contributed by atoms with E-state index >= 15 is 0 Å². The van der Waals surface area contributed by atoms with E-state index in [4.69, 9.17) is 16.3 Å². The molecule has 1 fully saturated rings. The van der Waals surface area contributed by atoms with Gasteiger partial charge in [-0.3, -0.25) is 23.9 Å². The lowest BCUT2D eigenvalue weighted by Crippen LogP contribution is -2.53. The molecule has 3 aromatic carbocycles. The van der Waals surface area contributed by atoms with Gasteiger partial charge >= 0.3 is 5.97 Å². The number of hydrogen-bond donors (Lipinski definition) is 3. The lowest BCUT2D eigenvalue weighted by atomic mass is 9.94. The normalized spacial score (nSPS) is 15.8. The monoisotopic (exact) mass is 783 g/mol. The van der Waals surface area contributed by atoms with Crippen LogP contribution in [0.1, 0.15) is 76.1 Å². The summed E-state index contributed by atoms with van der Waals surface area (Å²) in [5.41, 5.74) is 2.63. The molecule has 11 nitrogen and oxygen atoms in total. The molecule has 5 rings (SSSR count). The van der Waals surface area contributed by atoms with E-state index in [1.165, 1.54) is 17.8 Å². The van der Waals surface area contributed by atoms with Crippen LogP contribution >= 0.6 is 23.4 Å². The highest BCUT2D eigenvalue weighted by atomic mass is 35.5. The first-order valence-electron chi connectivity index (χ1n) is 18.2. The number of rotatable bonds is 12. The third-order valence-corrected chi connectivity index (χ3v) is 10.5. The van der Waals surface area contributed by atoms with Gasteiger partial charge in [-0.05, 0) is 74.2 Å². The number of aryl methyl sites for hydroxylation is 1. The van der Waals surface area contributed by atoms with Gasteiger partial charge in [-0.1, -0.05) is 74.5 Å². The molecule has 2 heterocycles. The molecule has 1 unspecified atom stereocenters. The Morgan fingerprint density at radius 2 is 1.76 bits per heavy atom. The van der Waals surface area contributed by atoms with E-state index in [1.54, 1.807) is 99.1 Å². The number of nitrogens with zero attached hydrogens (tertiary/aromatic N) is 3. The Kier molecular flexibility index (Phi) is 13.7. The molecular formula is C42H46ClN5O6S. The summed E-state index contributed by atoms with van der Waals surface area (Å²) >= 11 is 7.69. The predicted octanol–water partition coefficient (Wildman–Crippen LogP) is 7.08. The van der Waals surface area contributed by atoms with E-state index in [1.807, 2.05) is 18.2 Å². The Bertz CT molecular complexity index is 2070. The number of unbranched alkanes of at least 4 members (excludes halogenated alkanes) is 1. The molecule has 1 aromatic heterocycles. The number of phenolic OH excluding ortho intramolecular Hbond substituents is 1. The van der Waals surface area contributed by atoms with Crippen LogP contribution in [0.3, 0.4) is 0 Å². The van der Waals surface area contributed by atoms with Crippen LogP contribution in [-0.2, 0) is 31.0 Å². The number of aromatic hydroxyl groups is 1. The van der Waals surface area contributed by atoms with E-state index < -0.39 is 17.5 Å². The maximum absolute atomic E-state index is 14.6. The number of anilines is 1. The van der Waals surface area contributed by atoms with Gasteiger partial charge in [-0.25, -0.2) is 0 Å². The van der Waals surface area contributed by atoms with Gasteiger partial charge in [-0.15, -0.1) is 11.8 Å². The first-order chi connectivity index (χ1) is 26.2. The number of nitrogens with one attached hydrogen (secondary N) is 2. The van der Waals surface area contributed by atoms with Crippen molar-refractivity contribution in [3.63, 3.8) is 0 Å². The Labute approximate surface area is 331 Å². The van der Waals surface area contributed by atoms with Gasteiger partial charge in [0.25, 0.3) is 5.91 Å². The van der Waals surface area contributed by atoms with Gasteiger partial charge in [0.2, 0.25) is 11.8 Å². The van der Waals surface area contributed by atoms with Crippen molar-refractivity contribution in [3.8, 4) is 28.8 Å². The maximum atomic E-state index is 14.6. The number of thioether (sulfide) groups is 1. The minimum atomic E-state index is -1.01. The molecule has 1 aliphatic heterocycles. The number of ether oxygens (including phenoxy) is 1. The number of carbonyl (C=O) groups excluding carboxylic acids is 4. The summed E-state index contributed by atoms with van der Waals surface area (Å²) in [5.74, 6) is 5.35. The largest absolute Gasteiger partial charge is 0.507 e. The van der Waals surface area contributed by atoms with Gasteiger partial charge in [0.1, 0.15) is 23.5 Å². The van der Waals surface area contributed by atoms with Crippen LogP contribution in [0.15, 0.2) is 79.0 Å². The second kappa shape index (κ2) is 18.4. The SMILES string of the molecule is CCOC(=O)CCCCC1SC[C@@H](C(=O)Nc2ccc(C#Cc3cn(C)nc3-c3cc(Cl)ccc3O)cc2)N1C(=O)[C@H](NC(=O)C(C)(C)C)c1ccccc1. The van der Waals surface area contributed by atoms with Crippen LogP contribution in [0.25, 0.3) is 11.3 Å². The number of benzene rings is 3. The maximum Gasteiger partial charge on any atom is 0.305 e. The fourth-order valence-corrected chi connectivity index (χ4v) is 7.65. The van der Waals surface area contributed by atoms with Crippen LogP contribution < -0.4 is 10.6 Å². The van der Waals surface area contributed by atoms with E-state index in [9.17, 15) is 24.3 Å². The number of hydrogen-bond acceptors (Lipinski definition) is 8. The van der Waals surface area contributed by atoms with Crippen LogP contribution in [0, 0.1) is 17.3 Å². The average molecular weight is 784 g/mol. The second-order valence-electron chi connectivity index (χ2n) is 14.2. The smallest absolute Gasteiger partial charge is 0.305 e. The first-order valence-corrected chi connectivity index (χ1v) is 19.6. The summed E-state index contributed by atoms with van der Waals surface area (Å²) in [6, 6.07) is 19.0. The van der Waals surface area contributed by atoms with Gasteiger partial charge < -0.3 is 25.4 Å². The van der Waals surface area contributed by atoms with Crippen LogP contribution in [0.5, 0.6) is 5.75 Å². The zero-order valence-electron chi connectivity index (χ0n) is 31.6. The fourth-order valence-electron chi connectivity index (χ4n) is 6.01. The summed E-state index contributed by atoms with van der Waals surface area (Å²) in [6.07, 6.45) is 3.80. The number of halogens is 1. The molecule has 0 spiro atoms. The summed E-state index contributed by atoms with van der Waals surface area (Å²) < 4.78 is 6.68. The van der Waals surface area contributed by atoms with Crippen LogP contribution in [-0.4, -0.2) is 67.3 Å². The first kappa shape index (κ1) is 40.9. The van der Waals surface area contributed by atoms with E-state index in [0.717, 1.165) is 0 Å². The van der Waals surface area contributed by atoms with Gasteiger partial charge in [-0.2, -0.15) is 5.10 Å². The molecule has 0 saturated carbocycles. The van der Waals surface area contributed by atoms with Crippen molar-refractivity contribution in [1.82, 2.24) is 20.0 Å². The van der Waals surface area contributed by atoms with Crippen molar-refractivity contribution in [3.05, 3.63) is 101 Å². The van der Waals surface area contributed by atoms with Crippen molar-refractivity contribution in [2.75, 3.05) is 17.7 Å². The topological polar surface area (TPSA) is 143 Å². The summed E-state index contributed by atoms with van der Waals surface area (Å²) in [7, 11) is 1.77. The van der Waals surface area contributed by atoms with Crippen molar-refractivity contribution >= 4 is 52.7 Å². The quantitative estimate of drug-likeness (QED) is 0.0787. The van der Waals surface area contributed by atoms with Crippen molar-refractivity contribution in [2.24, 2.45) is 12.5 Å². The lowest BCUT2D eigenvalue weighted by Gasteiger charge is -2.33. The predicted molar refractivity (Wildman–Crippen MR) is 215 cm³/mol. The molecule has 0 radical (unpaired) electrons. The molecule has 13 heteroatoms. The van der Waals surface area contributed by atoms with Gasteiger partial charge in [0.15, 0.2) is 0 Å². The third-order valence-electron chi connectivity index (χ3n) is 8.91. The zero-order chi connectivity index (χ0) is 39.7. The molecule has 55 heavy (non-hydrogen) atoms. The molecule has 0 aliphatic carbocycles. The number of esters is 1. The summed E-state index contributed by atoms with van der Waals surface area (Å²) in [4.78, 5) is 55.4. The number of aromatic nitrogens is 2. The average Bonchev–Trinajstić information content (AvgIpc) is 3.75. The van der Waals surface area contributed by atoms with Gasteiger partial charge in [0, 0.05) is 52.7 Å².